The molecule has 2 aromatic rings. The van der Waals surface area contributed by atoms with Crippen molar-refractivity contribution in [1.82, 2.24) is 0 Å². The van der Waals surface area contributed by atoms with Crippen molar-refractivity contribution >= 4 is 22.9 Å². The van der Waals surface area contributed by atoms with Crippen LogP contribution in [0.1, 0.15) is 15.3 Å². The molecule has 19 heavy (non-hydrogen) atoms. The second-order valence-electron chi connectivity index (χ2n) is 3.97. The van der Waals surface area contributed by atoms with Crippen LogP contribution in [-0.2, 0) is 6.61 Å². The topological polar surface area (TPSA) is 35.2 Å². The number of nitrogens with two attached hydrogens (primary N) is 1. The highest BCUT2D eigenvalue weighted by molar-refractivity contribution is 7.12. The monoisotopic (exact) mass is 291 g/mol. The molecule has 0 unspecified atom stereocenters. The van der Waals surface area contributed by atoms with Crippen molar-refractivity contribution < 1.29 is 4.74 Å². The summed E-state index contributed by atoms with van der Waals surface area (Å²) >= 11 is 7.53. The van der Waals surface area contributed by atoms with Crippen LogP contribution in [0.2, 0.25) is 5.02 Å². The third-order valence-corrected chi connectivity index (χ3v) is 3.69. The van der Waals surface area contributed by atoms with Gasteiger partial charge in [-0.05, 0) is 42.8 Å². The molecule has 0 bridgehead atoms. The molecule has 0 aliphatic carbocycles. The Labute approximate surface area is 122 Å². The molecule has 4 heteroatoms. The zero-order valence-corrected chi connectivity index (χ0v) is 12.1. The van der Waals surface area contributed by atoms with Crippen LogP contribution in [0.3, 0.4) is 0 Å². The third-order valence-electron chi connectivity index (χ3n) is 2.48. The van der Waals surface area contributed by atoms with E-state index in [9.17, 15) is 0 Å². The number of benzene rings is 1. The molecular weight excluding hydrogens is 278 g/mol. The molecule has 0 aliphatic heterocycles. The molecule has 0 saturated carbocycles. The quantitative estimate of drug-likeness (QED) is 0.877. The highest BCUT2D eigenvalue weighted by Gasteiger charge is 2.03. The summed E-state index contributed by atoms with van der Waals surface area (Å²) in [6, 6.07) is 9.62. The fraction of sp³-hybridized carbons (Fsp3) is 0.200. The van der Waals surface area contributed by atoms with E-state index >= 15 is 0 Å². The van der Waals surface area contributed by atoms with Crippen LogP contribution in [0, 0.1) is 18.8 Å². The van der Waals surface area contributed by atoms with E-state index < -0.39 is 0 Å². The zero-order valence-electron chi connectivity index (χ0n) is 10.6. The average molecular weight is 292 g/mol. The maximum Gasteiger partial charge on any atom is 0.122 e. The van der Waals surface area contributed by atoms with E-state index in [1.165, 1.54) is 0 Å². The molecule has 0 saturated heterocycles. The number of halogens is 1. The number of rotatable bonds is 3. The predicted octanol–water partition coefficient (Wildman–Crippen LogP) is 3.60. The second-order valence-corrected chi connectivity index (χ2v) is 5.58. The molecular formula is C15H14ClNOS. The molecule has 1 aromatic heterocycles. The maximum atomic E-state index is 5.91. The molecule has 0 amide bonds. The second kappa shape index (κ2) is 6.63. The molecule has 2 rings (SSSR count). The molecule has 0 spiro atoms. The van der Waals surface area contributed by atoms with Gasteiger partial charge in [0.25, 0.3) is 0 Å². The Balaban J connectivity index is 2.00. The number of hydrogen-bond acceptors (Lipinski definition) is 3. The minimum atomic E-state index is 0.383. The summed E-state index contributed by atoms with van der Waals surface area (Å²) in [5, 5.41) is 0.723. The lowest BCUT2D eigenvalue weighted by molar-refractivity contribution is 0.307. The number of ether oxygens (including phenoxy) is 1. The van der Waals surface area contributed by atoms with Crippen molar-refractivity contribution in [2.24, 2.45) is 5.73 Å². The van der Waals surface area contributed by atoms with Gasteiger partial charge in [-0.3, -0.25) is 0 Å². The van der Waals surface area contributed by atoms with E-state index in [1.54, 1.807) is 11.3 Å². The van der Waals surface area contributed by atoms with Crippen LogP contribution in [0.15, 0.2) is 30.3 Å². The molecule has 2 nitrogen and oxygen atoms in total. The van der Waals surface area contributed by atoms with Crippen molar-refractivity contribution in [3.63, 3.8) is 0 Å². The first-order chi connectivity index (χ1) is 9.19. The first kappa shape index (κ1) is 14.0. The zero-order chi connectivity index (χ0) is 13.7. The van der Waals surface area contributed by atoms with E-state index in [-0.39, 0.29) is 0 Å². The van der Waals surface area contributed by atoms with Gasteiger partial charge in [0.2, 0.25) is 0 Å². The summed E-state index contributed by atoms with van der Waals surface area (Å²) in [4.78, 5) is 2.15. The van der Waals surface area contributed by atoms with Crippen molar-refractivity contribution in [3.8, 4) is 17.6 Å². The van der Waals surface area contributed by atoms with Gasteiger partial charge in [0.05, 0.1) is 11.4 Å². The van der Waals surface area contributed by atoms with Crippen molar-refractivity contribution in [2.45, 2.75) is 13.5 Å². The first-order valence-corrected chi connectivity index (χ1v) is 7.05. The van der Waals surface area contributed by atoms with Gasteiger partial charge in [0.15, 0.2) is 0 Å². The number of thiophene rings is 1. The Morgan fingerprint density at radius 1 is 1.32 bits per heavy atom. The Hall–Kier alpha value is -1.47. The SMILES string of the molecule is Cc1cc(Cl)ccc1OCc1ccc(C#CCN)s1. The fourth-order valence-corrected chi connectivity index (χ4v) is 2.61. The van der Waals surface area contributed by atoms with Gasteiger partial charge in [-0.1, -0.05) is 23.4 Å². The van der Waals surface area contributed by atoms with E-state index in [4.69, 9.17) is 22.1 Å². The maximum absolute atomic E-state index is 5.91. The van der Waals surface area contributed by atoms with E-state index in [1.807, 2.05) is 37.3 Å². The lowest BCUT2D eigenvalue weighted by atomic mass is 10.2. The molecule has 0 radical (unpaired) electrons. The Kier molecular flexibility index (Phi) is 4.86. The first-order valence-electron chi connectivity index (χ1n) is 5.85. The molecule has 1 heterocycles. The number of aryl methyl sites for hydroxylation is 1. The Morgan fingerprint density at radius 3 is 2.89 bits per heavy atom. The molecule has 98 valence electrons. The minimum absolute atomic E-state index is 0.383. The summed E-state index contributed by atoms with van der Waals surface area (Å²) in [6.45, 7) is 2.90. The normalized spacial score (nSPS) is 9.84. The van der Waals surface area contributed by atoms with E-state index in [0.29, 0.717) is 13.2 Å². The lowest BCUT2D eigenvalue weighted by Gasteiger charge is -2.07. The fourth-order valence-electron chi connectivity index (χ4n) is 1.58. The standard InChI is InChI=1S/C15H14ClNOS/c1-11-9-12(16)4-7-15(11)18-10-14-6-5-13(19-14)3-2-8-17/h4-7,9H,8,10,17H2,1H3. The van der Waals surface area contributed by atoms with E-state index in [0.717, 1.165) is 26.1 Å². The van der Waals surface area contributed by atoms with Crippen molar-refractivity contribution in [2.75, 3.05) is 6.54 Å². The van der Waals surface area contributed by atoms with Gasteiger partial charge in [0, 0.05) is 9.90 Å². The average Bonchev–Trinajstić information content (AvgIpc) is 2.83. The van der Waals surface area contributed by atoms with Gasteiger partial charge in [0.1, 0.15) is 12.4 Å². The predicted molar refractivity (Wildman–Crippen MR) is 80.8 cm³/mol. The van der Waals surface area contributed by atoms with Crippen LogP contribution in [0.5, 0.6) is 5.75 Å². The van der Waals surface area contributed by atoms with E-state index in [2.05, 4.69) is 11.8 Å². The summed E-state index contributed by atoms with van der Waals surface area (Å²) in [6.07, 6.45) is 0. The summed E-state index contributed by atoms with van der Waals surface area (Å²) in [7, 11) is 0. The molecule has 0 fully saturated rings. The van der Waals surface area contributed by atoms with Crippen LogP contribution in [0.25, 0.3) is 0 Å². The van der Waals surface area contributed by atoms with Gasteiger partial charge in [-0.2, -0.15) is 0 Å². The van der Waals surface area contributed by atoms with Crippen LogP contribution < -0.4 is 10.5 Å². The van der Waals surface area contributed by atoms with Crippen LogP contribution in [-0.4, -0.2) is 6.54 Å². The summed E-state index contributed by atoms with van der Waals surface area (Å²) < 4.78 is 5.77. The third kappa shape index (κ3) is 4.00. The molecule has 2 N–H and O–H groups in total. The van der Waals surface area contributed by atoms with Crippen molar-refractivity contribution in [3.05, 3.63) is 50.7 Å². The molecule has 0 aliphatic rings. The van der Waals surface area contributed by atoms with Gasteiger partial charge < -0.3 is 10.5 Å². The Morgan fingerprint density at radius 2 is 2.16 bits per heavy atom. The highest BCUT2D eigenvalue weighted by atomic mass is 35.5. The van der Waals surface area contributed by atoms with Gasteiger partial charge in [-0.25, -0.2) is 0 Å². The molecule has 1 aromatic carbocycles. The van der Waals surface area contributed by atoms with Gasteiger partial charge in [-0.15, -0.1) is 11.3 Å². The smallest absolute Gasteiger partial charge is 0.122 e. The Bertz CT molecular complexity index is 625. The summed E-state index contributed by atoms with van der Waals surface area (Å²) in [5.41, 5.74) is 6.38. The minimum Gasteiger partial charge on any atom is -0.488 e. The summed E-state index contributed by atoms with van der Waals surface area (Å²) in [5.74, 6) is 6.71. The van der Waals surface area contributed by atoms with Gasteiger partial charge >= 0.3 is 0 Å². The number of hydrogen-bond donors (Lipinski definition) is 1. The largest absolute Gasteiger partial charge is 0.488 e. The van der Waals surface area contributed by atoms with Crippen LogP contribution >= 0.6 is 22.9 Å². The van der Waals surface area contributed by atoms with Crippen LogP contribution in [0.4, 0.5) is 0 Å². The van der Waals surface area contributed by atoms with Crippen molar-refractivity contribution in [1.29, 1.82) is 0 Å². The highest BCUT2D eigenvalue weighted by Crippen LogP contribution is 2.24. The molecule has 0 atom stereocenters. The lowest BCUT2D eigenvalue weighted by Crippen LogP contribution is -1.94.